The second kappa shape index (κ2) is 4.15. The number of carbonyl (C=O) groups is 1. The maximum atomic E-state index is 10.7. The molecule has 0 aliphatic heterocycles. The third-order valence-corrected chi connectivity index (χ3v) is 3.79. The maximum Gasteiger partial charge on any atom is 0.150 e. The fourth-order valence-electron chi connectivity index (χ4n) is 1.99. The monoisotopic (exact) mass is 238 g/mol. The lowest BCUT2D eigenvalue weighted by molar-refractivity contribution is 0.112. The van der Waals surface area contributed by atoms with E-state index in [2.05, 4.69) is 30.3 Å². The average Bonchev–Trinajstić information content (AvgIpc) is 2.87. The summed E-state index contributed by atoms with van der Waals surface area (Å²) in [6.45, 7) is 0. The number of hydrogen-bond acceptors (Lipinski definition) is 2. The van der Waals surface area contributed by atoms with E-state index in [0.717, 1.165) is 16.7 Å². The summed E-state index contributed by atoms with van der Waals surface area (Å²) < 4.78 is 0. The highest BCUT2D eigenvalue weighted by Crippen LogP contribution is 2.32. The molecular formula is C15H10OS. The molecule has 3 rings (SSSR count). The molecule has 0 N–H and O–H groups in total. The SMILES string of the molecule is O=Cc1csc(-c2cccc3ccccc23)c1. The van der Waals surface area contributed by atoms with E-state index in [1.54, 1.807) is 11.3 Å². The molecule has 0 atom stereocenters. The van der Waals surface area contributed by atoms with Crippen LogP contribution in [0.3, 0.4) is 0 Å². The van der Waals surface area contributed by atoms with Crippen LogP contribution in [0, 0.1) is 0 Å². The van der Waals surface area contributed by atoms with Crippen LogP contribution >= 0.6 is 11.3 Å². The van der Waals surface area contributed by atoms with Gasteiger partial charge in [0.2, 0.25) is 0 Å². The quantitative estimate of drug-likeness (QED) is 0.605. The number of hydrogen-bond donors (Lipinski definition) is 0. The molecule has 17 heavy (non-hydrogen) atoms. The van der Waals surface area contributed by atoms with Crippen molar-refractivity contribution in [2.45, 2.75) is 0 Å². The van der Waals surface area contributed by atoms with Crippen LogP contribution in [-0.4, -0.2) is 6.29 Å². The van der Waals surface area contributed by atoms with Gasteiger partial charge in [-0.1, -0.05) is 42.5 Å². The molecule has 0 saturated carbocycles. The van der Waals surface area contributed by atoms with Crippen LogP contribution in [0.2, 0.25) is 0 Å². The van der Waals surface area contributed by atoms with Crippen LogP contribution in [0.15, 0.2) is 53.9 Å². The Balaban J connectivity index is 2.26. The summed E-state index contributed by atoms with van der Waals surface area (Å²) in [5.41, 5.74) is 1.94. The van der Waals surface area contributed by atoms with Gasteiger partial charge in [0.25, 0.3) is 0 Å². The third kappa shape index (κ3) is 1.77. The van der Waals surface area contributed by atoms with Crippen molar-refractivity contribution in [2.75, 3.05) is 0 Å². The summed E-state index contributed by atoms with van der Waals surface area (Å²) >= 11 is 1.61. The van der Waals surface area contributed by atoms with Crippen molar-refractivity contribution in [3.63, 3.8) is 0 Å². The molecule has 2 heteroatoms. The Labute approximate surface area is 103 Å². The fourth-order valence-corrected chi connectivity index (χ4v) is 2.89. The van der Waals surface area contributed by atoms with E-state index < -0.39 is 0 Å². The molecule has 0 aliphatic carbocycles. The summed E-state index contributed by atoms with van der Waals surface area (Å²) in [6.07, 6.45) is 0.894. The zero-order chi connectivity index (χ0) is 11.7. The first-order valence-corrected chi connectivity index (χ1v) is 6.28. The second-order valence-corrected chi connectivity index (χ2v) is 4.80. The Morgan fingerprint density at radius 3 is 2.65 bits per heavy atom. The van der Waals surface area contributed by atoms with Gasteiger partial charge in [-0.3, -0.25) is 4.79 Å². The van der Waals surface area contributed by atoms with Crippen LogP contribution < -0.4 is 0 Å². The predicted molar refractivity (Wildman–Crippen MR) is 72.6 cm³/mol. The minimum atomic E-state index is 0.748. The lowest BCUT2D eigenvalue weighted by Crippen LogP contribution is -1.77. The van der Waals surface area contributed by atoms with Crippen molar-refractivity contribution in [1.82, 2.24) is 0 Å². The second-order valence-electron chi connectivity index (χ2n) is 3.89. The Morgan fingerprint density at radius 2 is 1.82 bits per heavy atom. The highest BCUT2D eigenvalue weighted by atomic mass is 32.1. The molecule has 1 nitrogen and oxygen atoms in total. The molecule has 0 amide bonds. The van der Waals surface area contributed by atoms with E-state index in [1.807, 2.05) is 23.6 Å². The van der Waals surface area contributed by atoms with Gasteiger partial charge in [-0.2, -0.15) is 0 Å². The van der Waals surface area contributed by atoms with Crippen molar-refractivity contribution in [3.05, 3.63) is 59.5 Å². The summed E-state index contributed by atoms with van der Waals surface area (Å²) in [6, 6.07) is 16.5. The number of carbonyl (C=O) groups excluding carboxylic acids is 1. The van der Waals surface area contributed by atoms with Gasteiger partial charge in [0.05, 0.1) is 0 Å². The third-order valence-electron chi connectivity index (χ3n) is 2.81. The normalized spacial score (nSPS) is 10.6. The molecule has 0 aliphatic rings. The average molecular weight is 238 g/mol. The first kappa shape index (κ1) is 10.2. The van der Waals surface area contributed by atoms with Gasteiger partial charge < -0.3 is 0 Å². The molecule has 82 valence electrons. The number of rotatable bonds is 2. The Kier molecular flexibility index (Phi) is 2.50. The zero-order valence-electron chi connectivity index (χ0n) is 9.09. The lowest BCUT2D eigenvalue weighted by atomic mass is 10.0. The molecule has 1 heterocycles. The smallest absolute Gasteiger partial charge is 0.150 e. The lowest BCUT2D eigenvalue weighted by Gasteiger charge is -2.03. The van der Waals surface area contributed by atoms with E-state index in [0.29, 0.717) is 0 Å². The van der Waals surface area contributed by atoms with Crippen molar-refractivity contribution in [2.24, 2.45) is 0 Å². The van der Waals surface area contributed by atoms with E-state index in [4.69, 9.17) is 0 Å². The standard InChI is InChI=1S/C15H10OS/c16-9-11-8-15(17-10-11)14-7-3-5-12-4-1-2-6-13(12)14/h1-10H. The minimum Gasteiger partial charge on any atom is -0.298 e. The number of aldehydes is 1. The topological polar surface area (TPSA) is 17.1 Å². The Morgan fingerprint density at radius 1 is 1.00 bits per heavy atom. The van der Waals surface area contributed by atoms with Crippen molar-refractivity contribution in [3.8, 4) is 10.4 Å². The predicted octanol–water partition coefficient (Wildman–Crippen LogP) is 4.38. The highest BCUT2D eigenvalue weighted by Gasteiger charge is 2.05. The van der Waals surface area contributed by atoms with Gasteiger partial charge in [0.15, 0.2) is 6.29 Å². The molecule has 3 aromatic rings. The molecular weight excluding hydrogens is 228 g/mol. The van der Waals surface area contributed by atoms with Gasteiger partial charge in [-0.25, -0.2) is 0 Å². The van der Waals surface area contributed by atoms with Crippen molar-refractivity contribution in [1.29, 1.82) is 0 Å². The molecule has 0 saturated heterocycles. The fraction of sp³-hybridized carbons (Fsp3) is 0. The summed E-state index contributed by atoms with van der Waals surface area (Å²) in [5.74, 6) is 0. The Hall–Kier alpha value is -1.93. The summed E-state index contributed by atoms with van der Waals surface area (Å²) in [5, 5.41) is 4.35. The minimum absolute atomic E-state index is 0.748. The maximum absolute atomic E-state index is 10.7. The molecule has 0 bridgehead atoms. The molecule has 0 fully saturated rings. The van der Waals surface area contributed by atoms with Crippen LogP contribution in [0.1, 0.15) is 10.4 Å². The van der Waals surface area contributed by atoms with E-state index >= 15 is 0 Å². The summed E-state index contributed by atoms with van der Waals surface area (Å²) in [7, 11) is 0. The molecule has 0 unspecified atom stereocenters. The van der Waals surface area contributed by atoms with Gasteiger partial charge in [-0.15, -0.1) is 11.3 Å². The van der Waals surface area contributed by atoms with E-state index in [1.165, 1.54) is 16.3 Å². The first-order chi connectivity index (χ1) is 8.38. The van der Waals surface area contributed by atoms with E-state index in [-0.39, 0.29) is 0 Å². The number of benzene rings is 2. The van der Waals surface area contributed by atoms with Crippen LogP contribution in [0.25, 0.3) is 21.2 Å². The van der Waals surface area contributed by atoms with Gasteiger partial charge >= 0.3 is 0 Å². The Bertz CT molecular complexity index is 677. The molecule has 0 spiro atoms. The van der Waals surface area contributed by atoms with E-state index in [9.17, 15) is 4.79 Å². The largest absolute Gasteiger partial charge is 0.298 e. The molecule has 0 radical (unpaired) electrons. The summed E-state index contributed by atoms with van der Waals surface area (Å²) in [4.78, 5) is 11.9. The van der Waals surface area contributed by atoms with Crippen LogP contribution in [0.4, 0.5) is 0 Å². The number of thiophene rings is 1. The number of fused-ring (bicyclic) bond motifs is 1. The molecule has 1 aromatic heterocycles. The van der Waals surface area contributed by atoms with Gasteiger partial charge in [-0.05, 0) is 22.4 Å². The van der Waals surface area contributed by atoms with Crippen LogP contribution in [0.5, 0.6) is 0 Å². The highest BCUT2D eigenvalue weighted by molar-refractivity contribution is 7.14. The zero-order valence-corrected chi connectivity index (χ0v) is 9.91. The van der Waals surface area contributed by atoms with Gasteiger partial charge in [0.1, 0.15) is 0 Å². The van der Waals surface area contributed by atoms with Gasteiger partial charge in [0, 0.05) is 15.8 Å². The van der Waals surface area contributed by atoms with Crippen molar-refractivity contribution >= 4 is 28.4 Å². The van der Waals surface area contributed by atoms with Crippen LogP contribution in [-0.2, 0) is 0 Å². The first-order valence-electron chi connectivity index (χ1n) is 5.40. The van der Waals surface area contributed by atoms with Crippen molar-refractivity contribution < 1.29 is 4.79 Å². The molecule has 2 aromatic carbocycles.